The number of hydrogen-bond donors (Lipinski definition) is 2. The van der Waals surface area contributed by atoms with Crippen LogP contribution in [0.2, 0.25) is 0 Å². The molecule has 2 amide bonds. The summed E-state index contributed by atoms with van der Waals surface area (Å²) in [5.41, 5.74) is 2.33. The SMILES string of the molecule is COc1ccc(NC(=O)CSCC(=O)Nc2cc(C)ccc2OC)cc1. The summed E-state index contributed by atoms with van der Waals surface area (Å²) in [6.45, 7) is 1.94. The van der Waals surface area contributed by atoms with E-state index >= 15 is 0 Å². The van der Waals surface area contributed by atoms with Crippen molar-refractivity contribution in [2.75, 3.05) is 36.4 Å². The van der Waals surface area contributed by atoms with Crippen molar-refractivity contribution in [3.8, 4) is 11.5 Å². The summed E-state index contributed by atoms with van der Waals surface area (Å²) >= 11 is 1.24. The third-order valence-electron chi connectivity index (χ3n) is 3.47. The fourth-order valence-corrected chi connectivity index (χ4v) is 2.83. The first-order valence-electron chi connectivity index (χ1n) is 7.98. The van der Waals surface area contributed by atoms with Crippen LogP contribution in [0.4, 0.5) is 11.4 Å². The minimum absolute atomic E-state index is 0.166. The largest absolute Gasteiger partial charge is 0.497 e. The van der Waals surface area contributed by atoms with Crippen molar-refractivity contribution in [3.63, 3.8) is 0 Å². The van der Waals surface area contributed by atoms with Gasteiger partial charge in [0.15, 0.2) is 0 Å². The molecule has 0 unspecified atom stereocenters. The fourth-order valence-electron chi connectivity index (χ4n) is 2.21. The summed E-state index contributed by atoms with van der Waals surface area (Å²) in [7, 11) is 3.14. The van der Waals surface area contributed by atoms with E-state index in [1.54, 1.807) is 44.6 Å². The van der Waals surface area contributed by atoms with Gasteiger partial charge in [0.05, 0.1) is 31.4 Å². The molecule has 0 bridgehead atoms. The number of benzene rings is 2. The highest BCUT2D eigenvalue weighted by Crippen LogP contribution is 2.25. The van der Waals surface area contributed by atoms with Gasteiger partial charge in [0, 0.05) is 5.69 Å². The van der Waals surface area contributed by atoms with Crippen molar-refractivity contribution < 1.29 is 19.1 Å². The Morgan fingerprint density at radius 2 is 1.58 bits per heavy atom. The van der Waals surface area contributed by atoms with Gasteiger partial charge in [-0.25, -0.2) is 0 Å². The van der Waals surface area contributed by atoms with Crippen molar-refractivity contribution in [1.29, 1.82) is 0 Å². The van der Waals surface area contributed by atoms with Gasteiger partial charge in [-0.2, -0.15) is 0 Å². The number of carbonyl (C=O) groups excluding carboxylic acids is 2. The molecule has 0 aliphatic heterocycles. The van der Waals surface area contributed by atoms with Gasteiger partial charge < -0.3 is 20.1 Å². The topological polar surface area (TPSA) is 76.7 Å². The lowest BCUT2D eigenvalue weighted by Crippen LogP contribution is -2.18. The van der Waals surface area contributed by atoms with Gasteiger partial charge in [0.2, 0.25) is 11.8 Å². The van der Waals surface area contributed by atoms with Gasteiger partial charge in [-0.1, -0.05) is 6.07 Å². The lowest BCUT2D eigenvalue weighted by Gasteiger charge is -2.11. The Kier molecular flexibility index (Phi) is 7.35. The second-order valence-corrected chi connectivity index (χ2v) is 6.51. The molecular weight excluding hydrogens is 352 g/mol. The maximum Gasteiger partial charge on any atom is 0.234 e. The molecule has 0 aliphatic rings. The van der Waals surface area contributed by atoms with Crippen molar-refractivity contribution in [3.05, 3.63) is 48.0 Å². The van der Waals surface area contributed by atoms with Crippen LogP contribution in [0.1, 0.15) is 5.56 Å². The van der Waals surface area contributed by atoms with Crippen LogP contribution in [-0.4, -0.2) is 37.5 Å². The Hall–Kier alpha value is -2.67. The van der Waals surface area contributed by atoms with Crippen LogP contribution in [-0.2, 0) is 9.59 Å². The van der Waals surface area contributed by atoms with Crippen LogP contribution >= 0.6 is 11.8 Å². The van der Waals surface area contributed by atoms with Crippen molar-refractivity contribution in [2.24, 2.45) is 0 Å². The zero-order chi connectivity index (χ0) is 18.9. The van der Waals surface area contributed by atoms with Gasteiger partial charge in [-0.05, 0) is 48.9 Å². The molecule has 0 atom stereocenters. The quantitative estimate of drug-likeness (QED) is 0.741. The predicted octanol–water partition coefficient (Wildman–Crippen LogP) is 3.32. The van der Waals surface area contributed by atoms with Crippen LogP contribution in [0.15, 0.2) is 42.5 Å². The monoisotopic (exact) mass is 374 g/mol. The Balaban J connectivity index is 1.77. The summed E-state index contributed by atoms with van der Waals surface area (Å²) in [5.74, 6) is 1.33. The Labute approximate surface area is 157 Å². The molecule has 0 saturated heterocycles. The lowest BCUT2D eigenvalue weighted by molar-refractivity contribution is -0.114. The van der Waals surface area contributed by atoms with E-state index in [9.17, 15) is 9.59 Å². The van der Waals surface area contributed by atoms with E-state index in [4.69, 9.17) is 9.47 Å². The first-order valence-corrected chi connectivity index (χ1v) is 9.13. The summed E-state index contributed by atoms with van der Waals surface area (Å²) < 4.78 is 10.3. The average Bonchev–Trinajstić information content (AvgIpc) is 2.62. The summed E-state index contributed by atoms with van der Waals surface area (Å²) in [6.07, 6.45) is 0. The molecule has 6 nitrogen and oxygen atoms in total. The number of hydrogen-bond acceptors (Lipinski definition) is 5. The zero-order valence-electron chi connectivity index (χ0n) is 15.0. The van der Waals surface area contributed by atoms with E-state index in [0.29, 0.717) is 17.1 Å². The number of ether oxygens (including phenoxy) is 2. The van der Waals surface area contributed by atoms with Crippen LogP contribution in [0.5, 0.6) is 11.5 Å². The molecular formula is C19H22N2O4S. The van der Waals surface area contributed by atoms with Gasteiger partial charge in [0.1, 0.15) is 11.5 Å². The number of methoxy groups -OCH3 is 2. The van der Waals surface area contributed by atoms with E-state index < -0.39 is 0 Å². The molecule has 7 heteroatoms. The van der Waals surface area contributed by atoms with Crippen molar-refractivity contribution >= 4 is 35.0 Å². The first-order chi connectivity index (χ1) is 12.5. The highest BCUT2D eigenvalue weighted by Gasteiger charge is 2.10. The van der Waals surface area contributed by atoms with Gasteiger partial charge in [-0.3, -0.25) is 9.59 Å². The Morgan fingerprint density at radius 1 is 0.923 bits per heavy atom. The molecule has 0 radical (unpaired) electrons. The van der Waals surface area contributed by atoms with E-state index in [1.165, 1.54) is 11.8 Å². The van der Waals surface area contributed by atoms with Gasteiger partial charge in [-0.15, -0.1) is 11.8 Å². The number of carbonyl (C=O) groups is 2. The third-order valence-corrected chi connectivity index (χ3v) is 4.40. The van der Waals surface area contributed by atoms with Crippen LogP contribution < -0.4 is 20.1 Å². The highest BCUT2D eigenvalue weighted by molar-refractivity contribution is 8.00. The number of anilines is 2. The summed E-state index contributed by atoms with van der Waals surface area (Å²) in [6, 6.07) is 12.6. The van der Waals surface area contributed by atoms with Crippen molar-refractivity contribution in [1.82, 2.24) is 0 Å². The standard InChI is InChI=1S/C19H22N2O4S/c1-13-4-9-17(25-3)16(10-13)21-19(23)12-26-11-18(22)20-14-5-7-15(24-2)8-6-14/h4-10H,11-12H2,1-3H3,(H,20,22)(H,21,23). The minimum atomic E-state index is -0.184. The van der Waals surface area contributed by atoms with E-state index in [-0.39, 0.29) is 23.3 Å². The molecule has 0 fully saturated rings. The number of nitrogens with one attached hydrogen (secondary N) is 2. The molecule has 138 valence electrons. The third kappa shape index (κ3) is 6.00. The van der Waals surface area contributed by atoms with Crippen LogP contribution in [0.3, 0.4) is 0 Å². The van der Waals surface area contributed by atoms with Crippen molar-refractivity contribution in [2.45, 2.75) is 6.92 Å². The molecule has 2 aromatic carbocycles. The molecule has 2 N–H and O–H groups in total. The summed E-state index contributed by atoms with van der Waals surface area (Å²) in [4.78, 5) is 24.0. The average molecular weight is 374 g/mol. The Bertz CT molecular complexity index is 763. The molecule has 0 aliphatic carbocycles. The lowest BCUT2D eigenvalue weighted by atomic mass is 10.2. The number of rotatable bonds is 8. The maximum absolute atomic E-state index is 12.1. The minimum Gasteiger partial charge on any atom is -0.497 e. The molecule has 2 aromatic rings. The van der Waals surface area contributed by atoms with Gasteiger partial charge in [0.25, 0.3) is 0 Å². The van der Waals surface area contributed by atoms with Crippen LogP contribution in [0.25, 0.3) is 0 Å². The number of thioether (sulfide) groups is 1. The van der Waals surface area contributed by atoms with E-state index in [1.807, 2.05) is 19.1 Å². The second-order valence-electron chi connectivity index (χ2n) is 5.52. The maximum atomic E-state index is 12.1. The Morgan fingerprint density at radius 3 is 2.19 bits per heavy atom. The molecule has 0 heterocycles. The highest BCUT2D eigenvalue weighted by atomic mass is 32.2. The summed E-state index contributed by atoms with van der Waals surface area (Å²) in [5, 5.41) is 5.58. The van der Waals surface area contributed by atoms with Crippen LogP contribution in [0, 0.1) is 6.92 Å². The normalized spacial score (nSPS) is 10.1. The second kappa shape index (κ2) is 9.72. The molecule has 0 saturated carbocycles. The molecule has 0 spiro atoms. The smallest absolute Gasteiger partial charge is 0.234 e. The number of amides is 2. The van der Waals surface area contributed by atoms with Gasteiger partial charge >= 0.3 is 0 Å². The number of aryl methyl sites for hydroxylation is 1. The fraction of sp³-hybridized carbons (Fsp3) is 0.263. The molecule has 2 rings (SSSR count). The predicted molar refractivity (Wildman–Crippen MR) is 105 cm³/mol. The first kappa shape index (κ1) is 19.7. The van der Waals surface area contributed by atoms with E-state index in [0.717, 1.165) is 11.3 Å². The molecule has 0 aromatic heterocycles. The molecule has 26 heavy (non-hydrogen) atoms. The van der Waals surface area contributed by atoms with E-state index in [2.05, 4.69) is 10.6 Å². The zero-order valence-corrected chi connectivity index (χ0v) is 15.8.